The van der Waals surface area contributed by atoms with Gasteiger partial charge in [-0.15, -0.1) is 0 Å². The second-order valence-electron chi connectivity index (χ2n) is 11.7. The van der Waals surface area contributed by atoms with Crippen molar-refractivity contribution in [3.63, 3.8) is 0 Å². The monoisotopic (exact) mass is 606 g/mol. The van der Waals surface area contributed by atoms with Crippen LogP contribution < -0.4 is 10.3 Å². The van der Waals surface area contributed by atoms with E-state index in [4.69, 9.17) is 18.9 Å². The van der Waals surface area contributed by atoms with Crippen molar-refractivity contribution in [1.82, 2.24) is 4.57 Å². The number of ether oxygens (including phenoxy) is 4. The van der Waals surface area contributed by atoms with Gasteiger partial charge in [-0.05, 0) is 67.6 Å². The highest BCUT2D eigenvalue weighted by molar-refractivity contribution is 5.66. The minimum Gasteiger partial charge on any atom is -0.484 e. The molecule has 0 spiro atoms. The summed E-state index contributed by atoms with van der Waals surface area (Å²) in [6.45, 7) is 6.45. The summed E-state index contributed by atoms with van der Waals surface area (Å²) in [4.78, 5) is 26.1. The maximum atomic E-state index is 13.9. The van der Waals surface area contributed by atoms with Gasteiger partial charge in [-0.3, -0.25) is 9.59 Å². The molecule has 5 rings (SSSR count). The first-order valence-electron chi connectivity index (χ1n) is 15.1. The zero-order valence-corrected chi connectivity index (χ0v) is 25.8. The number of benzene rings is 3. The van der Waals surface area contributed by atoms with Gasteiger partial charge in [0.25, 0.3) is 5.56 Å². The van der Waals surface area contributed by atoms with Crippen molar-refractivity contribution in [2.24, 2.45) is 0 Å². The van der Waals surface area contributed by atoms with E-state index in [1.165, 1.54) is 6.92 Å². The van der Waals surface area contributed by atoms with Crippen molar-refractivity contribution in [3.05, 3.63) is 135 Å². The Labute approximate surface area is 263 Å². The summed E-state index contributed by atoms with van der Waals surface area (Å²) in [5.41, 5.74) is 2.68. The minimum atomic E-state index is -0.948. The van der Waals surface area contributed by atoms with Crippen molar-refractivity contribution in [2.45, 2.75) is 70.7 Å². The average molecular weight is 607 g/mol. The standard InChI is InChI=1S/C37H38N2O6/c1-26(40)44-36-35(31-21-29(23-38)16-17-33(31)45-37(36,2)3)39-19-18-30(22-34(39)41)32(43-25-28-13-8-5-9-14-28)15-10-20-42-24-27-11-6-4-7-12-27/h4-9,11-14,16-19,21-22,32,35-36H,10,15,20,24-25H2,1-3H3. The highest BCUT2D eigenvalue weighted by Crippen LogP contribution is 2.43. The van der Waals surface area contributed by atoms with Gasteiger partial charge >= 0.3 is 5.97 Å². The molecule has 0 saturated carbocycles. The molecule has 1 aromatic heterocycles. The lowest BCUT2D eigenvalue weighted by atomic mass is 9.85. The molecular weight excluding hydrogens is 568 g/mol. The number of pyridine rings is 1. The Hall–Kier alpha value is -4.71. The molecule has 0 N–H and O–H groups in total. The van der Waals surface area contributed by atoms with Crippen LogP contribution in [0.4, 0.5) is 0 Å². The number of esters is 1. The van der Waals surface area contributed by atoms with Crippen LogP contribution >= 0.6 is 0 Å². The molecule has 0 radical (unpaired) electrons. The van der Waals surface area contributed by atoms with E-state index in [0.717, 1.165) is 23.1 Å². The smallest absolute Gasteiger partial charge is 0.303 e. The Bertz CT molecular complexity index is 1690. The first-order chi connectivity index (χ1) is 21.7. The molecule has 3 aromatic carbocycles. The molecule has 0 aliphatic carbocycles. The fourth-order valence-corrected chi connectivity index (χ4v) is 5.70. The van der Waals surface area contributed by atoms with Gasteiger partial charge < -0.3 is 23.5 Å². The molecule has 0 saturated heterocycles. The molecule has 232 valence electrons. The maximum Gasteiger partial charge on any atom is 0.303 e. The minimum absolute atomic E-state index is 0.283. The number of aromatic nitrogens is 1. The van der Waals surface area contributed by atoms with Crippen LogP contribution in [0.1, 0.15) is 73.6 Å². The molecular formula is C37H38N2O6. The van der Waals surface area contributed by atoms with Crippen LogP contribution in [0.5, 0.6) is 5.75 Å². The molecule has 0 amide bonds. The zero-order chi connectivity index (χ0) is 31.8. The highest BCUT2D eigenvalue weighted by atomic mass is 16.6. The van der Waals surface area contributed by atoms with Crippen LogP contribution in [-0.4, -0.2) is 28.8 Å². The zero-order valence-electron chi connectivity index (χ0n) is 25.8. The van der Waals surface area contributed by atoms with Crippen molar-refractivity contribution < 1.29 is 23.7 Å². The van der Waals surface area contributed by atoms with Gasteiger partial charge in [0.05, 0.1) is 31.0 Å². The van der Waals surface area contributed by atoms with Crippen LogP contribution in [0, 0.1) is 11.3 Å². The first-order valence-corrected chi connectivity index (χ1v) is 15.1. The van der Waals surface area contributed by atoms with E-state index in [9.17, 15) is 14.9 Å². The summed E-state index contributed by atoms with van der Waals surface area (Å²) < 4.78 is 25.9. The Morgan fingerprint density at radius 3 is 2.31 bits per heavy atom. The van der Waals surface area contributed by atoms with Gasteiger partial charge in [0.15, 0.2) is 6.10 Å². The van der Waals surface area contributed by atoms with Gasteiger partial charge in [0, 0.05) is 31.4 Å². The predicted octanol–water partition coefficient (Wildman–Crippen LogP) is 6.67. The molecule has 0 fully saturated rings. The third-order valence-electron chi connectivity index (χ3n) is 7.90. The molecule has 8 nitrogen and oxygen atoms in total. The number of hydrogen-bond acceptors (Lipinski definition) is 7. The van der Waals surface area contributed by atoms with Crippen LogP contribution in [0.2, 0.25) is 0 Å². The molecule has 8 heteroatoms. The summed E-state index contributed by atoms with van der Waals surface area (Å²) in [5.74, 6) is 0.0399. The normalized spacial score (nSPS) is 17.4. The Balaban J connectivity index is 1.42. The van der Waals surface area contributed by atoms with Gasteiger partial charge in [-0.2, -0.15) is 5.26 Å². The topological polar surface area (TPSA) is 99.8 Å². The van der Waals surface area contributed by atoms with E-state index in [-0.39, 0.29) is 11.7 Å². The Morgan fingerprint density at radius 2 is 1.67 bits per heavy atom. The second-order valence-corrected chi connectivity index (χ2v) is 11.7. The molecule has 4 aromatic rings. The van der Waals surface area contributed by atoms with E-state index in [1.54, 1.807) is 35.0 Å². The van der Waals surface area contributed by atoms with Crippen LogP contribution in [0.3, 0.4) is 0 Å². The molecule has 2 heterocycles. The third-order valence-corrected chi connectivity index (χ3v) is 7.90. The summed E-state index contributed by atoms with van der Waals surface area (Å²) in [6, 6.07) is 29.9. The lowest BCUT2D eigenvalue weighted by molar-refractivity contribution is -0.163. The van der Waals surface area contributed by atoms with Crippen molar-refractivity contribution in [2.75, 3.05) is 6.61 Å². The van der Waals surface area contributed by atoms with E-state index >= 15 is 0 Å². The summed E-state index contributed by atoms with van der Waals surface area (Å²) in [5, 5.41) is 9.59. The number of carbonyl (C=O) groups excluding carboxylic acids is 1. The number of hydrogen-bond donors (Lipinski definition) is 0. The number of nitriles is 1. The van der Waals surface area contributed by atoms with Crippen molar-refractivity contribution in [3.8, 4) is 11.8 Å². The van der Waals surface area contributed by atoms with E-state index in [1.807, 2.05) is 80.6 Å². The fraction of sp³-hybridized carbons (Fsp3) is 0.324. The number of nitrogens with zero attached hydrogens (tertiary/aromatic N) is 2. The van der Waals surface area contributed by atoms with E-state index < -0.39 is 23.7 Å². The largest absolute Gasteiger partial charge is 0.484 e. The van der Waals surface area contributed by atoms with E-state index in [2.05, 4.69) is 6.07 Å². The van der Waals surface area contributed by atoms with E-state index in [0.29, 0.717) is 43.1 Å². The molecule has 0 bridgehead atoms. The van der Waals surface area contributed by atoms with Crippen molar-refractivity contribution in [1.29, 1.82) is 5.26 Å². The van der Waals surface area contributed by atoms with Crippen LogP contribution in [-0.2, 0) is 32.2 Å². The van der Waals surface area contributed by atoms with Crippen LogP contribution in [0.15, 0.2) is 102 Å². The summed E-state index contributed by atoms with van der Waals surface area (Å²) in [7, 11) is 0. The first kappa shape index (κ1) is 31.7. The van der Waals surface area contributed by atoms with Gasteiger partial charge in [0.2, 0.25) is 0 Å². The van der Waals surface area contributed by atoms with Gasteiger partial charge in [-0.25, -0.2) is 0 Å². The highest BCUT2D eigenvalue weighted by Gasteiger charge is 2.47. The molecule has 1 aliphatic heterocycles. The number of carbonyl (C=O) groups is 1. The molecule has 3 atom stereocenters. The number of rotatable bonds is 12. The fourth-order valence-electron chi connectivity index (χ4n) is 5.70. The maximum absolute atomic E-state index is 13.9. The SMILES string of the molecule is CC(=O)OC1C(n2ccc(C(CCCOCc3ccccc3)OCc3ccccc3)cc2=O)c2cc(C#N)ccc2OC1(C)C. The second kappa shape index (κ2) is 14.4. The van der Waals surface area contributed by atoms with Crippen molar-refractivity contribution >= 4 is 5.97 Å². The lowest BCUT2D eigenvalue weighted by Gasteiger charge is -2.44. The lowest BCUT2D eigenvalue weighted by Crippen LogP contribution is -2.54. The summed E-state index contributed by atoms with van der Waals surface area (Å²) >= 11 is 0. The predicted molar refractivity (Wildman–Crippen MR) is 170 cm³/mol. The summed E-state index contributed by atoms with van der Waals surface area (Å²) in [6.07, 6.45) is 1.93. The number of fused-ring (bicyclic) bond motifs is 1. The molecule has 3 unspecified atom stereocenters. The van der Waals surface area contributed by atoms with Crippen LogP contribution in [0.25, 0.3) is 0 Å². The molecule has 1 aliphatic rings. The van der Waals surface area contributed by atoms with Gasteiger partial charge in [0.1, 0.15) is 17.4 Å². The Kier molecular flexibility index (Phi) is 10.1. The van der Waals surface area contributed by atoms with Gasteiger partial charge in [-0.1, -0.05) is 60.7 Å². The Morgan fingerprint density at radius 1 is 0.978 bits per heavy atom. The third kappa shape index (κ3) is 7.88. The average Bonchev–Trinajstić information content (AvgIpc) is 3.03. The quantitative estimate of drug-likeness (QED) is 0.131. The molecule has 45 heavy (non-hydrogen) atoms.